The van der Waals surface area contributed by atoms with Gasteiger partial charge in [-0.05, 0) is 42.0 Å². The summed E-state index contributed by atoms with van der Waals surface area (Å²) < 4.78 is 26.6. The Morgan fingerprint density at radius 3 is 1.85 bits per heavy atom. The monoisotopic (exact) mass is 390 g/mol. The zero-order valence-electron chi connectivity index (χ0n) is 16.3. The molecule has 146 valence electrons. The topological polar surface area (TPSA) is 73.0 Å². The zero-order valence-corrected chi connectivity index (χ0v) is 17.1. The van der Waals surface area contributed by atoms with Crippen molar-refractivity contribution in [2.75, 3.05) is 44.4 Å². The van der Waals surface area contributed by atoms with Gasteiger partial charge in [-0.3, -0.25) is 9.10 Å². The molecule has 0 atom stereocenters. The highest BCUT2D eigenvalue weighted by molar-refractivity contribution is 7.90. The van der Waals surface area contributed by atoms with E-state index in [1.165, 1.54) is 25.4 Å². The predicted octanol–water partition coefficient (Wildman–Crippen LogP) is 1.93. The lowest BCUT2D eigenvalue weighted by Gasteiger charge is -2.23. The number of hydrogen-bond donors (Lipinski definition) is 1. The van der Waals surface area contributed by atoms with Gasteiger partial charge in [0, 0.05) is 53.0 Å². The van der Waals surface area contributed by atoms with Gasteiger partial charge in [-0.1, -0.05) is 12.1 Å². The Morgan fingerprint density at radius 2 is 1.37 bits per heavy atom. The van der Waals surface area contributed by atoms with Gasteiger partial charge < -0.3 is 10.2 Å². The van der Waals surface area contributed by atoms with Crippen LogP contribution in [0, 0.1) is 0 Å². The molecule has 7 nitrogen and oxygen atoms in total. The van der Waals surface area contributed by atoms with Crippen LogP contribution in [0.5, 0.6) is 0 Å². The second-order valence-corrected chi connectivity index (χ2v) is 8.72. The largest absolute Gasteiger partial charge is 0.378 e. The number of anilines is 2. The highest BCUT2D eigenvalue weighted by atomic mass is 32.2. The molecule has 0 saturated carbocycles. The molecule has 0 saturated heterocycles. The van der Waals surface area contributed by atoms with Gasteiger partial charge in [0.2, 0.25) is 0 Å². The van der Waals surface area contributed by atoms with E-state index >= 15 is 0 Å². The fraction of sp³-hybridized carbons (Fsp3) is 0.316. The molecule has 0 aliphatic heterocycles. The van der Waals surface area contributed by atoms with E-state index in [0.717, 1.165) is 15.6 Å². The van der Waals surface area contributed by atoms with E-state index in [0.29, 0.717) is 17.8 Å². The minimum atomic E-state index is -3.56. The van der Waals surface area contributed by atoms with Crippen molar-refractivity contribution in [2.24, 2.45) is 0 Å². The number of hydrogen-bond acceptors (Lipinski definition) is 4. The molecule has 8 heteroatoms. The average Bonchev–Trinajstić information content (AvgIpc) is 2.65. The lowest BCUT2D eigenvalue weighted by atomic mass is 10.1. The number of rotatable bonds is 7. The number of nitrogens with one attached hydrogen (secondary N) is 1. The lowest BCUT2D eigenvalue weighted by molar-refractivity contribution is 0.0951. The number of benzene rings is 2. The standard InChI is InChI=1S/C19H26N4O3S/c1-21(2)17-10-6-15(7-11-17)14-20-19(24)16-8-12-18(13-9-16)23(5)27(25,26)22(3)4/h6-13H,14H2,1-5H3,(H,20,24). The zero-order chi connectivity index (χ0) is 20.2. The van der Waals surface area contributed by atoms with Crippen LogP contribution in [0.4, 0.5) is 11.4 Å². The van der Waals surface area contributed by atoms with Gasteiger partial charge >= 0.3 is 10.2 Å². The van der Waals surface area contributed by atoms with E-state index in [9.17, 15) is 13.2 Å². The highest BCUT2D eigenvalue weighted by Crippen LogP contribution is 2.18. The summed E-state index contributed by atoms with van der Waals surface area (Å²) in [5, 5.41) is 2.87. The Bertz CT molecular complexity index is 876. The molecule has 0 aliphatic carbocycles. The van der Waals surface area contributed by atoms with Crippen molar-refractivity contribution in [3.05, 3.63) is 59.7 Å². The van der Waals surface area contributed by atoms with Gasteiger partial charge in [0.05, 0.1) is 5.69 Å². The molecule has 1 amide bonds. The number of nitrogens with zero attached hydrogens (tertiary/aromatic N) is 3. The fourth-order valence-corrected chi connectivity index (χ4v) is 3.28. The van der Waals surface area contributed by atoms with Crippen LogP contribution in [-0.4, -0.2) is 53.9 Å². The first kappa shape index (κ1) is 20.7. The van der Waals surface area contributed by atoms with Crippen LogP contribution in [0.2, 0.25) is 0 Å². The molecular formula is C19H26N4O3S. The molecular weight excluding hydrogens is 364 g/mol. The summed E-state index contributed by atoms with van der Waals surface area (Å²) >= 11 is 0. The van der Waals surface area contributed by atoms with Crippen LogP contribution < -0.4 is 14.5 Å². The minimum Gasteiger partial charge on any atom is -0.378 e. The maximum atomic E-state index is 12.3. The van der Waals surface area contributed by atoms with Crippen LogP contribution in [-0.2, 0) is 16.8 Å². The maximum absolute atomic E-state index is 12.3. The van der Waals surface area contributed by atoms with Crippen molar-refractivity contribution < 1.29 is 13.2 Å². The lowest BCUT2D eigenvalue weighted by Crippen LogP contribution is -2.37. The second-order valence-electron chi connectivity index (χ2n) is 6.55. The molecule has 0 heterocycles. The Balaban J connectivity index is 2.01. The molecule has 0 spiro atoms. The SMILES string of the molecule is CN(C)c1ccc(CNC(=O)c2ccc(N(C)S(=O)(=O)N(C)C)cc2)cc1. The quantitative estimate of drug-likeness (QED) is 0.784. The van der Waals surface area contributed by atoms with E-state index in [1.54, 1.807) is 24.3 Å². The van der Waals surface area contributed by atoms with Gasteiger partial charge in [-0.15, -0.1) is 0 Å². The van der Waals surface area contributed by atoms with Crippen LogP contribution in [0.3, 0.4) is 0 Å². The first-order valence-electron chi connectivity index (χ1n) is 8.44. The fourth-order valence-electron chi connectivity index (χ4n) is 2.40. The van der Waals surface area contributed by atoms with Crippen molar-refractivity contribution in [3.8, 4) is 0 Å². The Labute approximate surface area is 161 Å². The molecule has 2 aromatic carbocycles. The van der Waals surface area contributed by atoms with Gasteiger partial charge in [-0.2, -0.15) is 12.7 Å². The van der Waals surface area contributed by atoms with Crippen molar-refractivity contribution in [3.63, 3.8) is 0 Å². The molecule has 1 N–H and O–H groups in total. The van der Waals surface area contributed by atoms with Crippen molar-refractivity contribution >= 4 is 27.5 Å². The Hall–Kier alpha value is -2.58. The van der Waals surface area contributed by atoms with Crippen LogP contribution in [0.1, 0.15) is 15.9 Å². The summed E-state index contributed by atoms with van der Waals surface area (Å²) in [6, 6.07) is 14.4. The summed E-state index contributed by atoms with van der Waals surface area (Å²) in [5.74, 6) is -0.212. The Morgan fingerprint density at radius 1 is 0.852 bits per heavy atom. The minimum absolute atomic E-state index is 0.212. The molecule has 2 aromatic rings. The number of carbonyl (C=O) groups is 1. The third kappa shape index (κ3) is 4.99. The second kappa shape index (κ2) is 8.41. The third-order valence-corrected chi connectivity index (χ3v) is 6.03. The van der Waals surface area contributed by atoms with E-state index in [4.69, 9.17) is 0 Å². The molecule has 0 radical (unpaired) electrons. The van der Waals surface area contributed by atoms with Gasteiger partial charge in [0.15, 0.2) is 0 Å². The molecule has 0 bridgehead atoms. The van der Waals surface area contributed by atoms with Crippen molar-refractivity contribution in [1.82, 2.24) is 9.62 Å². The first-order chi connectivity index (χ1) is 12.6. The van der Waals surface area contributed by atoms with Gasteiger partial charge in [0.25, 0.3) is 5.91 Å². The summed E-state index contributed by atoms with van der Waals surface area (Å²) in [7, 11) is 4.81. The van der Waals surface area contributed by atoms with E-state index < -0.39 is 10.2 Å². The summed E-state index contributed by atoms with van der Waals surface area (Å²) in [6.07, 6.45) is 0. The van der Waals surface area contributed by atoms with Crippen LogP contribution >= 0.6 is 0 Å². The number of amides is 1. The smallest absolute Gasteiger partial charge is 0.303 e. The highest BCUT2D eigenvalue weighted by Gasteiger charge is 2.21. The van der Waals surface area contributed by atoms with E-state index in [2.05, 4.69) is 5.32 Å². The summed E-state index contributed by atoms with van der Waals surface area (Å²) in [5.41, 5.74) is 3.05. The third-order valence-electron chi connectivity index (χ3n) is 4.21. The normalized spacial score (nSPS) is 11.3. The summed E-state index contributed by atoms with van der Waals surface area (Å²) in [4.78, 5) is 14.3. The van der Waals surface area contributed by atoms with Crippen LogP contribution in [0.25, 0.3) is 0 Å². The summed E-state index contributed by atoms with van der Waals surface area (Å²) in [6.45, 7) is 0.420. The molecule has 0 aliphatic rings. The van der Waals surface area contributed by atoms with E-state index in [-0.39, 0.29) is 5.91 Å². The molecule has 0 fully saturated rings. The maximum Gasteiger partial charge on any atom is 0.303 e. The van der Waals surface area contributed by atoms with E-state index in [1.807, 2.05) is 43.3 Å². The molecule has 2 rings (SSSR count). The Kier molecular flexibility index (Phi) is 6.45. The van der Waals surface area contributed by atoms with Gasteiger partial charge in [-0.25, -0.2) is 0 Å². The first-order valence-corrected chi connectivity index (χ1v) is 9.83. The predicted molar refractivity (Wildman–Crippen MR) is 109 cm³/mol. The number of carbonyl (C=O) groups excluding carboxylic acids is 1. The molecule has 0 unspecified atom stereocenters. The van der Waals surface area contributed by atoms with Crippen molar-refractivity contribution in [1.29, 1.82) is 0 Å². The van der Waals surface area contributed by atoms with Gasteiger partial charge in [0.1, 0.15) is 0 Å². The van der Waals surface area contributed by atoms with Crippen molar-refractivity contribution in [2.45, 2.75) is 6.54 Å². The molecule has 0 aromatic heterocycles. The van der Waals surface area contributed by atoms with Crippen LogP contribution in [0.15, 0.2) is 48.5 Å². The average molecular weight is 391 g/mol. The molecule has 27 heavy (non-hydrogen) atoms.